The first-order valence-electron chi connectivity index (χ1n) is 5.56. The van der Waals surface area contributed by atoms with Crippen molar-refractivity contribution >= 4 is 0 Å². The molecular weight excluding hydrogens is 205 g/mol. The molecule has 0 aliphatic rings. The van der Waals surface area contributed by atoms with Gasteiger partial charge in [0, 0.05) is 6.42 Å². The number of unbranched alkanes of at least 4 members (excludes halogenated alkanes) is 1. The van der Waals surface area contributed by atoms with Crippen LogP contribution < -0.4 is 4.74 Å². The van der Waals surface area contributed by atoms with Gasteiger partial charge < -0.3 is 4.74 Å². The molecule has 0 aliphatic heterocycles. The van der Waals surface area contributed by atoms with Crippen molar-refractivity contribution < 1.29 is 9.13 Å². The van der Waals surface area contributed by atoms with E-state index in [1.165, 1.54) is 12.1 Å². The highest BCUT2D eigenvalue weighted by molar-refractivity contribution is 5.34. The molecule has 1 aromatic carbocycles. The first-order valence-corrected chi connectivity index (χ1v) is 5.56. The van der Waals surface area contributed by atoms with E-state index in [9.17, 15) is 4.39 Å². The Bertz CT molecular complexity index is 371. The standard InChI is InChI=1S/C13H16FNO/c1-2-9-16-13-7-6-12(14)10-11(13)5-3-4-8-15/h6-7,10H,2-5,9H2,1H3. The van der Waals surface area contributed by atoms with Crippen molar-refractivity contribution in [1.29, 1.82) is 5.26 Å². The first kappa shape index (κ1) is 12.5. The van der Waals surface area contributed by atoms with Gasteiger partial charge in [-0.15, -0.1) is 0 Å². The summed E-state index contributed by atoms with van der Waals surface area (Å²) in [5, 5.41) is 8.45. The Morgan fingerprint density at radius 3 is 2.94 bits per heavy atom. The highest BCUT2D eigenvalue weighted by atomic mass is 19.1. The van der Waals surface area contributed by atoms with Gasteiger partial charge in [0.15, 0.2) is 0 Å². The summed E-state index contributed by atoms with van der Waals surface area (Å²) < 4.78 is 18.6. The summed E-state index contributed by atoms with van der Waals surface area (Å²) in [5.41, 5.74) is 0.851. The van der Waals surface area contributed by atoms with Crippen LogP contribution in [0.3, 0.4) is 0 Å². The molecular formula is C13H16FNO. The third-order valence-corrected chi connectivity index (χ3v) is 2.22. The fourth-order valence-corrected chi connectivity index (χ4v) is 1.45. The van der Waals surface area contributed by atoms with Gasteiger partial charge in [-0.2, -0.15) is 5.26 Å². The van der Waals surface area contributed by atoms with E-state index in [4.69, 9.17) is 10.00 Å². The Morgan fingerprint density at radius 1 is 1.44 bits per heavy atom. The van der Waals surface area contributed by atoms with Gasteiger partial charge >= 0.3 is 0 Å². The van der Waals surface area contributed by atoms with E-state index in [-0.39, 0.29) is 5.82 Å². The number of ether oxygens (including phenoxy) is 1. The van der Waals surface area contributed by atoms with Crippen LogP contribution >= 0.6 is 0 Å². The van der Waals surface area contributed by atoms with Crippen molar-refractivity contribution in [3.8, 4) is 11.8 Å². The van der Waals surface area contributed by atoms with Crippen LogP contribution in [0.1, 0.15) is 31.7 Å². The van der Waals surface area contributed by atoms with Gasteiger partial charge in [-0.3, -0.25) is 0 Å². The zero-order chi connectivity index (χ0) is 11.8. The lowest BCUT2D eigenvalue weighted by Gasteiger charge is -2.10. The Morgan fingerprint density at radius 2 is 2.25 bits per heavy atom. The van der Waals surface area contributed by atoms with Crippen LogP contribution in [0.15, 0.2) is 18.2 Å². The molecule has 0 amide bonds. The molecule has 1 rings (SSSR count). The van der Waals surface area contributed by atoms with Gasteiger partial charge in [0.05, 0.1) is 12.7 Å². The van der Waals surface area contributed by atoms with E-state index in [0.29, 0.717) is 19.4 Å². The molecule has 1 aromatic rings. The summed E-state index contributed by atoms with van der Waals surface area (Å²) >= 11 is 0. The molecule has 86 valence electrons. The molecule has 0 heterocycles. The second-order valence-electron chi connectivity index (χ2n) is 3.61. The van der Waals surface area contributed by atoms with Gasteiger partial charge in [-0.05, 0) is 43.0 Å². The number of rotatable bonds is 6. The molecule has 16 heavy (non-hydrogen) atoms. The zero-order valence-corrected chi connectivity index (χ0v) is 9.50. The summed E-state index contributed by atoms with van der Waals surface area (Å²) in [6.07, 6.45) is 2.84. The zero-order valence-electron chi connectivity index (χ0n) is 9.50. The summed E-state index contributed by atoms with van der Waals surface area (Å²) in [4.78, 5) is 0. The largest absolute Gasteiger partial charge is 0.493 e. The SMILES string of the molecule is CCCOc1ccc(F)cc1CCCC#N. The molecule has 0 fully saturated rings. The maximum absolute atomic E-state index is 13.1. The normalized spacial score (nSPS) is 9.81. The Kier molecular flexibility index (Phi) is 5.35. The predicted octanol–water partition coefficient (Wildman–Crippen LogP) is 3.46. The second-order valence-corrected chi connectivity index (χ2v) is 3.61. The average Bonchev–Trinajstić information content (AvgIpc) is 2.28. The lowest BCUT2D eigenvalue weighted by Crippen LogP contribution is -1.99. The Balaban J connectivity index is 2.69. The molecule has 3 heteroatoms. The topological polar surface area (TPSA) is 33.0 Å². The van der Waals surface area contributed by atoms with E-state index in [1.807, 2.05) is 6.92 Å². The molecule has 0 saturated heterocycles. The summed E-state index contributed by atoms with van der Waals surface area (Å²) in [7, 11) is 0. The van der Waals surface area contributed by atoms with Crippen LogP contribution in [0.4, 0.5) is 4.39 Å². The van der Waals surface area contributed by atoms with E-state index in [1.54, 1.807) is 6.07 Å². The number of halogens is 1. The minimum atomic E-state index is -0.254. The van der Waals surface area contributed by atoms with Crippen LogP contribution in [0.2, 0.25) is 0 Å². The van der Waals surface area contributed by atoms with Gasteiger partial charge in [0.1, 0.15) is 11.6 Å². The maximum atomic E-state index is 13.1. The smallest absolute Gasteiger partial charge is 0.123 e. The molecule has 0 N–H and O–H groups in total. The third kappa shape index (κ3) is 3.90. The van der Waals surface area contributed by atoms with E-state index < -0.39 is 0 Å². The van der Waals surface area contributed by atoms with Crippen molar-refractivity contribution in [2.24, 2.45) is 0 Å². The van der Waals surface area contributed by atoms with Crippen molar-refractivity contribution in [1.82, 2.24) is 0 Å². The highest BCUT2D eigenvalue weighted by Crippen LogP contribution is 2.21. The van der Waals surface area contributed by atoms with Crippen molar-refractivity contribution in [2.45, 2.75) is 32.6 Å². The molecule has 0 aliphatic carbocycles. The van der Waals surface area contributed by atoms with Crippen molar-refractivity contribution in [3.05, 3.63) is 29.6 Å². The van der Waals surface area contributed by atoms with Crippen molar-refractivity contribution in [2.75, 3.05) is 6.61 Å². The van der Waals surface area contributed by atoms with E-state index >= 15 is 0 Å². The number of hydrogen-bond acceptors (Lipinski definition) is 2. The van der Waals surface area contributed by atoms with Crippen LogP contribution in [-0.4, -0.2) is 6.61 Å². The van der Waals surface area contributed by atoms with Crippen LogP contribution in [0, 0.1) is 17.1 Å². The van der Waals surface area contributed by atoms with Crippen molar-refractivity contribution in [3.63, 3.8) is 0 Å². The molecule has 0 radical (unpaired) electrons. The minimum absolute atomic E-state index is 0.254. The Hall–Kier alpha value is -1.56. The first-order chi connectivity index (χ1) is 7.77. The highest BCUT2D eigenvalue weighted by Gasteiger charge is 2.05. The van der Waals surface area contributed by atoms with E-state index in [0.717, 1.165) is 24.2 Å². The van der Waals surface area contributed by atoms with Gasteiger partial charge in [0.25, 0.3) is 0 Å². The average molecular weight is 221 g/mol. The summed E-state index contributed by atoms with van der Waals surface area (Å²) in [6.45, 7) is 2.66. The third-order valence-electron chi connectivity index (χ3n) is 2.22. The second kappa shape index (κ2) is 6.84. The number of hydrogen-bond donors (Lipinski definition) is 0. The monoisotopic (exact) mass is 221 g/mol. The Labute approximate surface area is 95.7 Å². The molecule has 0 spiro atoms. The molecule has 0 bridgehead atoms. The number of benzene rings is 1. The number of nitriles is 1. The molecule has 0 saturated carbocycles. The van der Waals surface area contributed by atoms with Gasteiger partial charge in [0.2, 0.25) is 0 Å². The minimum Gasteiger partial charge on any atom is -0.493 e. The van der Waals surface area contributed by atoms with Gasteiger partial charge in [-0.1, -0.05) is 6.92 Å². The van der Waals surface area contributed by atoms with Gasteiger partial charge in [-0.25, -0.2) is 4.39 Å². The van der Waals surface area contributed by atoms with Crippen LogP contribution in [0.5, 0.6) is 5.75 Å². The number of aryl methyl sites for hydroxylation is 1. The molecule has 0 atom stereocenters. The number of nitrogens with zero attached hydrogens (tertiary/aromatic N) is 1. The lowest BCUT2D eigenvalue weighted by atomic mass is 10.1. The predicted molar refractivity (Wildman–Crippen MR) is 60.7 cm³/mol. The molecule has 0 aromatic heterocycles. The quantitative estimate of drug-likeness (QED) is 0.689. The van der Waals surface area contributed by atoms with E-state index in [2.05, 4.69) is 6.07 Å². The maximum Gasteiger partial charge on any atom is 0.123 e. The van der Waals surface area contributed by atoms with Crippen LogP contribution in [-0.2, 0) is 6.42 Å². The fourth-order valence-electron chi connectivity index (χ4n) is 1.45. The summed E-state index contributed by atoms with van der Waals surface area (Å²) in [6, 6.07) is 6.63. The molecule has 2 nitrogen and oxygen atoms in total. The fraction of sp³-hybridized carbons (Fsp3) is 0.462. The summed E-state index contributed by atoms with van der Waals surface area (Å²) in [5.74, 6) is 0.483. The van der Waals surface area contributed by atoms with Crippen LogP contribution in [0.25, 0.3) is 0 Å². The lowest BCUT2D eigenvalue weighted by molar-refractivity contribution is 0.313. The molecule has 0 unspecified atom stereocenters.